The van der Waals surface area contributed by atoms with Crippen molar-refractivity contribution in [1.82, 2.24) is 5.32 Å². The molecule has 2 heteroatoms. The summed E-state index contributed by atoms with van der Waals surface area (Å²) in [7, 11) is 1.71. The molecule has 1 unspecified atom stereocenters. The molecule has 0 bridgehead atoms. The van der Waals surface area contributed by atoms with Gasteiger partial charge in [0.25, 0.3) is 0 Å². The van der Waals surface area contributed by atoms with Crippen LogP contribution in [-0.4, -0.2) is 19.7 Å². The Bertz CT molecular complexity index is 574. The van der Waals surface area contributed by atoms with Crippen LogP contribution in [0.4, 0.5) is 0 Å². The first kappa shape index (κ1) is 13.6. The van der Waals surface area contributed by atoms with Crippen LogP contribution in [0.2, 0.25) is 0 Å². The number of hydrogen-bond acceptors (Lipinski definition) is 2. The maximum atomic E-state index is 5.41. The molecule has 100 valence electrons. The number of rotatable bonds is 5. The average molecular weight is 255 g/mol. The van der Waals surface area contributed by atoms with E-state index in [0.717, 1.165) is 17.7 Å². The van der Waals surface area contributed by atoms with E-state index in [1.54, 1.807) is 7.11 Å². The molecule has 0 aliphatic rings. The van der Waals surface area contributed by atoms with E-state index in [9.17, 15) is 0 Å². The molecule has 0 aliphatic carbocycles. The minimum absolute atomic E-state index is 0.380. The molecule has 2 nitrogen and oxygen atoms in total. The lowest BCUT2D eigenvalue weighted by Gasteiger charge is -2.09. The highest BCUT2D eigenvalue weighted by atomic mass is 16.5. The number of hydrogen-bond donors (Lipinski definition) is 1. The summed E-state index contributed by atoms with van der Waals surface area (Å²) in [4.78, 5) is 0. The molecule has 1 atom stereocenters. The maximum absolute atomic E-state index is 5.41. The van der Waals surface area contributed by atoms with Gasteiger partial charge in [0.2, 0.25) is 0 Å². The summed E-state index contributed by atoms with van der Waals surface area (Å²) >= 11 is 0. The molecule has 0 spiro atoms. The van der Waals surface area contributed by atoms with E-state index in [-0.39, 0.29) is 0 Å². The van der Waals surface area contributed by atoms with Gasteiger partial charge < -0.3 is 10.1 Å². The van der Waals surface area contributed by atoms with Crippen molar-refractivity contribution in [3.05, 3.63) is 48.0 Å². The molecule has 2 aromatic carbocycles. The van der Waals surface area contributed by atoms with Crippen molar-refractivity contribution in [1.29, 1.82) is 0 Å². The standard InChI is InChI=1S/C17H21NO/c1-4-18-13(2)9-10-14-11-12-17(19-3)16-8-6-5-7-15(14)16/h5-13,18H,4H2,1-3H3/b10-9+. The van der Waals surface area contributed by atoms with Crippen LogP contribution in [0, 0.1) is 0 Å². The van der Waals surface area contributed by atoms with Crippen molar-refractivity contribution < 1.29 is 4.74 Å². The zero-order valence-corrected chi connectivity index (χ0v) is 11.8. The number of fused-ring (bicyclic) bond motifs is 1. The van der Waals surface area contributed by atoms with Crippen LogP contribution in [0.15, 0.2) is 42.5 Å². The third-order valence-corrected chi connectivity index (χ3v) is 3.23. The molecule has 0 heterocycles. The highest BCUT2D eigenvalue weighted by Gasteiger charge is 2.03. The second kappa shape index (κ2) is 6.39. The van der Waals surface area contributed by atoms with Crippen molar-refractivity contribution in [3.63, 3.8) is 0 Å². The van der Waals surface area contributed by atoms with Gasteiger partial charge in [0.05, 0.1) is 7.11 Å². The Kier molecular flexibility index (Phi) is 4.58. The van der Waals surface area contributed by atoms with E-state index in [0.29, 0.717) is 6.04 Å². The van der Waals surface area contributed by atoms with Crippen LogP contribution < -0.4 is 10.1 Å². The molecule has 0 saturated carbocycles. The van der Waals surface area contributed by atoms with Gasteiger partial charge in [0.15, 0.2) is 0 Å². The fourth-order valence-corrected chi connectivity index (χ4v) is 2.26. The van der Waals surface area contributed by atoms with Crippen LogP contribution >= 0.6 is 0 Å². The van der Waals surface area contributed by atoms with E-state index < -0.39 is 0 Å². The predicted octanol–water partition coefficient (Wildman–Crippen LogP) is 3.86. The van der Waals surface area contributed by atoms with E-state index in [2.05, 4.69) is 55.6 Å². The fraction of sp³-hybridized carbons (Fsp3) is 0.294. The van der Waals surface area contributed by atoms with Crippen molar-refractivity contribution in [3.8, 4) is 5.75 Å². The number of likely N-dealkylation sites (N-methyl/N-ethyl adjacent to an activating group) is 1. The first-order valence-corrected chi connectivity index (χ1v) is 6.73. The molecular weight excluding hydrogens is 234 g/mol. The monoisotopic (exact) mass is 255 g/mol. The Morgan fingerprint density at radius 2 is 1.89 bits per heavy atom. The summed E-state index contributed by atoms with van der Waals surface area (Å²) < 4.78 is 5.41. The van der Waals surface area contributed by atoms with Crippen LogP contribution in [0.1, 0.15) is 19.4 Å². The summed E-state index contributed by atoms with van der Waals surface area (Å²) in [6.07, 6.45) is 4.37. The molecule has 2 rings (SSSR count). The highest BCUT2D eigenvalue weighted by Crippen LogP contribution is 2.28. The Hall–Kier alpha value is -1.80. The summed E-state index contributed by atoms with van der Waals surface area (Å²) in [5, 5.41) is 5.75. The van der Waals surface area contributed by atoms with Gasteiger partial charge in [-0.1, -0.05) is 49.4 Å². The smallest absolute Gasteiger partial charge is 0.126 e. The van der Waals surface area contributed by atoms with Crippen molar-refractivity contribution in [2.75, 3.05) is 13.7 Å². The summed E-state index contributed by atoms with van der Waals surface area (Å²) in [5.74, 6) is 0.924. The summed E-state index contributed by atoms with van der Waals surface area (Å²) in [6.45, 7) is 5.26. The largest absolute Gasteiger partial charge is 0.496 e. The van der Waals surface area contributed by atoms with Gasteiger partial charge in [0.1, 0.15) is 5.75 Å². The van der Waals surface area contributed by atoms with Crippen molar-refractivity contribution in [2.24, 2.45) is 0 Å². The fourth-order valence-electron chi connectivity index (χ4n) is 2.26. The molecule has 0 fully saturated rings. The normalized spacial score (nSPS) is 13.0. The Morgan fingerprint density at radius 1 is 1.16 bits per heavy atom. The lowest BCUT2D eigenvalue weighted by Crippen LogP contribution is -2.22. The Balaban J connectivity index is 2.39. The molecule has 2 aromatic rings. The first-order valence-electron chi connectivity index (χ1n) is 6.73. The summed E-state index contributed by atoms with van der Waals surface area (Å²) in [6, 6.07) is 12.9. The second-order valence-corrected chi connectivity index (χ2v) is 4.61. The third-order valence-electron chi connectivity index (χ3n) is 3.23. The summed E-state index contributed by atoms with van der Waals surface area (Å²) in [5.41, 5.74) is 1.22. The van der Waals surface area contributed by atoms with Crippen LogP contribution in [0.3, 0.4) is 0 Å². The Morgan fingerprint density at radius 3 is 2.58 bits per heavy atom. The molecule has 0 aliphatic heterocycles. The SMILES string of the molecule is CCNC(C)/C=C/c1ccc(OC)c2ccccc12. The molecule has 0 radical (unpaired) electrons. The minimum Gasteiger partial charge on any atom is -0.496 e. The number of nitrogens with one attached hydrogen (secondary N) is 1. The van der Waals surface area contributed by atoms with Crippen LogP contribution in [0.25, 0.3) is 16.8 Å². The second-order valence-electron chi connectivity index (χ2n) is 4.61. The quantitative estimate of drug-likeness (QED) is 0.876. The van der Waals surface area contributed by atoms with E-state index in [4.69, 9.17) is 4.74 Å². The zero-order chi connectivity index (χ0) is 13.7. The van der Waals surface area contributed by atoms with E-state index in [1.165, 1.54) is 10.9 Å². The first-order chi connectivity index (χ1) is 9.26. The third kappa shape index (κ3) is 3.15. The van der Waals surface area contributed by atoms with Gasteiger partial charge in [-0.3, -0.25) is 0 Å². The number of methoxy groups -OCH3 is 1. The molecule has 0 amide bonds. The van der Waals surface area contributed by atoms with Gasteiger partial charge in [-0.2, -0.15) is 0 Å². The molecule has 19 heavy (non-hydrogen) atoms. The Labute approximate surface area is 115 Å². The average Bonchev–Trinajstić information content (AvgIpc) is 2.45. The molecule has 0 aromatic heterocycles. The van der Waals surface area contributed by atoms with E-state index in [1.807, 2.05) is 12.1 Å². The zero-order valence-electron chi connectivity index (χ0n) is 11.8. The van der Waals surface area contributed by atoms with Crippen LogP contribution in [0.5, 0.6) is 5.75 Å². The van der Waals surface area contributed by atoms with Gasteiger partial charge >= 0.3 is 0 Å². The van der Waals surface area contributed by atoms with Crippen LogP contribution in [-0.2, 0) is 0 Å². The lowest BCUT2D eigenvalue weighted by atomic mass is 10.0. The topological polar surface area (TPSA) is 21.3 Å². The highest BCUT2D eigenvalue weighted by molar-refractivity contribution is 5.94. The van der Waals surface area contributed by atoms with Gasteiger partial charge in [-0.25, -0.2) is 0 Å². The van der Waals surface area contributed by atoms with E-state index >= 15 is 0 Å². The molecule has 1 N–H and O–H groups in total. The lowest BCUT2D eigenvalue weighted by molar-refractivity contribution is 0.420. The predicted molar refractivity (Wildman–Crippen MR) is 82.7 cm³/mol. The van der Waals surface area contributed by atoms with Crippen molar-refractivity contribution in [2.45, 2.75) is 19.9 Å². The van der Waals surface area contributed by atoms with Gasteiger partial charge in [-0.05, 0) is 30.5 Å². The van der Waals surface area contributed by atoms with Gasteiger partial charge in [0, 0.05) is 11.4 Å². The number of benzene rings is 2. The molecule has 0 saturated heterocycles. The minimum atomic E-state index is 0.380. The molecular formula is C17H21NO. The van der Waals surface area contributed by atoms with Gasteiger partial charge in [-0.15, -0.1) is 0 Å². The maximum Gasteiger partial charge on any atom is 0.126 e. The van der Waals surface area contributed by atoms with Crippen molar-refractivity contribution >= 4 is 16.8 Å². The number of ether oxygens (including phenoxy) is 1.